The number of nitrogens with one attached hydrogen (secondary N) is 3. The highest BCUT2D eigenvalue weighted by Crippen LogP contribution is 2.21. The Morgan fingerprint density at radius 2 is 1.31 bits per heavy atom. The first-order valence-electron chi connectivity index (χ1n) is 12.1. The van der Waals surface area contributed by atoms with Gasteiger partial charge in [-0.2, -0.15) is 0 Å². The van der Waals surface area contributed by atoms with Crippen molar-refractivity contribution in [1.29, 1.82) is 0 Å². The highest BCUT2D eigenvalue weighted by Gasteiger charge is 2.11. The van der Waals surface area contributed by atoms with Crippen LogP contribution in [0.3, 0.4) is 0 Å². The lowest BCUT2D eigenvalue weighted by atomic mass is 10.1. The van der Waals surface area contributed by atoms with E-state index < -0.39 is 17.8 Å². The molecule has 194 valence electrons. The predicted molar refractivity (Wildman–Crippen MR) is 148 cm³/mol. The summed E-state index contributed by atoms with van der Waals surface area (Å²) < 4.78 is 5.47. The van der Waals surface area contributed by atoms with Gasteiger partial charge in [0.05, 0.1) is 12.0 Å². The van der Waals surface area contributed by atoms with Crippen molar-refractivity contribution in [3.63, 3.8) is 0 Å². The molecule has 3 amide bonds. The predicted octanol–water partition coefficient (Wildman–Crippen LogP) is 4.56. The number of rotatable bonds is 8. The van der Waals surface area contributed by atoms with E-state index in [2.05, 4.69) is 16.2 Å². The van der Waals surface area contributed by atoms with E-state index in [0.29, 0.717) is 22.4 Å². The molecule has 0 aliphatic carbocycles. The van der Waals surface area contributed by atoms with Crippen LogP contribution in [0.5, 0.6) is 5.75 Å². The van der Waals surface area contributed by atoms with Crippen molar-refractivity contribution >= 4 is 35.5 Å². The smallest absolute Gasteiger partial charge is 0.343 e. The zero-order valence-corrected chi connectivity index (χ0v) is 20.8. The van der Waals surface area contributed by atoms with Crippen LogP contribution in [-0.2, 0) is 16.0 Å². The van der Waals surface area contributed by atoms with Gasteiger partial charge in [-0.3, -0.25) is 25.2 Å². The van der Waals surface area contributed by atoms with Gasteiger partial charge in [0.25, 0.3) is 11.8 Å². The highest BCUT2D eigenvalue weighted by molar-refractivity contribution is 5.99. The van der Waals surface area contributed by atoms with Crippen molar-refractivity contribution in [2.75, 3.05) is 5.32 Å². The van der Waals surface area contributed by atoms with Gasteiger partial charge in [-0.1, -0.05) is 66.7 Å². The Bertz CT molecular complexity index is 1480. The fourth-order valence-corrected chi connectivity index (χ4v) is 3.53. The second-order valence-corrected chi connectivity index (χ2v) is 8.36. The van der Waals surface area contributed by atoms with E-state index in [1.807, 2.05) is 30.3 Å². The summed E-state index contributed by atoms with van der Waals surface area (Å²) >= 11 is 0. The minimum atomic E-state index is -0.586. The van der Waals surface area contributed by atoms with Crippen molar-refractivity contribution in [1.82, 2.24) is 10.9 Å². The second kappa shape index (κ2) is 13.2. The molecule has 0 spiro atoms. The number of hydrazine groups is 1. The van der Waals surface area contributed by atoms with E-state index >= 15 is 0 Å². The summed E-state index contributed by atoms with van der Waals surface area (Å²) in [7, 11) is 0. The molecule has 0 bridgehead atoms. The summed E-state index contributed by atoms with van der Waals surface area (Å²) in [5.74, 6) is -1.52. The fourth-order valence-electron chi connectivity index (χ4n) is 3.53. The number of ether oxygens (including phenoxy) is 1. The quantitative estimate of drug-likeness (QED) is 0.137. The monoisotopic (exact) mass is 519 g/mol. The normalized spacial score (nSPS) is 10.5. The molecule has 0 fully saturated rings. The van der Waals surface area contributed by atoms with E-state index in [1.54, 1.807) is 66.7 Å². The van der Waals surface area contributed by atoms with E-state index in [-0.39, 0.29) is 18.1 Å². The summed E-state index contributed by atoms with van der Waals surface area (Å²) in [6.45, 7) is 0. The molecule has 39 heavy (non-hydrogen) atoms. The zero-order valence-electron chi connectivity index (χ0n) is 20.8. The molecule has 8 nitrogen and oxygen atoms in total. The van der Waals surface area contributed by atoms with Crippen molar-refractivity contribution < 1.29 is 23.9 Å². The lowest BCUT2D eigenvalue weighted by molar-refractivity contribution is -0.117. The average molecular weight is 520 g/mol. The molecule has 0 saturated heterocycles. The number of benzene rings is 4. The van der Waals surface area contributed by atoms with Gasteiger partial charge in [-0.05, 0) is 54.1 Å². The van der Waals surface area contributed by atoms with Crippen LogP contribution in [0.1, 0.15) is 31.8 Å². The standard InChI is InChI=1S/C31H25N3O5/c35-28(20-17-23-11-7-8-14-27(23)39-31(38)25-12-5-2-6-13-25)33-34-30(37)24-15-18-26(19-16-24)32-29(36)21-22-9-3-1-4-10-22/h1-20H,21H2,(H,32,36)(H,33,35)(H,34,37)/b20-17+. The summed E-state index contributed by atoms with van der Waals surface area (Å²) in [4.78, 5) is 49.3. The van der Waals surface area contributed by atoms with E-state index in [9.17, 15) is 19.2 Å². The van der Waals surface area contributed by atoms with Crippen LogP contribution < -0.4 is 20.9 Å². The van der Waals surface area contributed by atoms with Gasteiger partial charge in [0.15, 0.2) is 0 Å². The van der Waals surface area contributed by atoms with Crippen LogP contribution in [0.4, 0.5) is 5.69 Å². The number of carbonyl (C=O) groups is 4. The van der Waals surface area contributed by atoms with Crippen LogP contribution in [0.25, 0.3) is 6.08 Å². The lowest BCUT2D eigenvalue weighted by Gasteiger charge is -2.08. The lowest BCUT2D eigenvalue weighted by Crippen LogP contribution is -2.40. The molecule has 0 radical (unpaired) electrons. The molecule has 4 aromatic rings. The first kappa shape index (κ1) is 26.6. The van der Waals surface area contributed by atoms with E-state index in [0.717, 1.165) is 5.56 Å². The Labute approximate surface area is 225 Å². The van der Waals surface area contributed by atoms with Crippen LogP contribution in [0.2, 0.25) is 0 Å². The molecule has 8 heteroatoms. The minimum absolute atomic E-state index is 0.172. The number of anilines is 1. The fraction of sp³-hybridized carbons (Fsp3) is 0.0323. The number of hydrogen-bond donors (Lipinski definition) is 3. The average Bonchev–Trinajstić information content (AvgIpc) is 2.96. The van der Waals surface area contributed by atoms with Crippen LogP contribution >= 0.6 is 0 Å². The number of para-hydroxylation sites is 1. The third kappa shape index (κ3) is 7.99. The number of carbonyl (C=O) groups excluding carboxylic acids is 4. The van der Waals surface area contributed by atoms with Crippen molar-refractivity contribution in [3.8, 4) is 5.75 Å². The number of hydrogen-bond acceptors (Lipinski definition) is 5. The largest absolute Gasteiger partial charge is 0.422 e. The molecule has 3 N–H and O–H groups in total. The molecule has 0 aliphatic heterocycles. The van der Waals surface area contributed by atoms with Gasteiger partial charge < -0.3 is 10.1 Å². The molecular formula is C31H25N3O5. The van der Waals surface area contributed by atoms with Gasteiger partial charge in [-0.25, -0.2) is 4.79 Å². The maximum Gasteiger partial charge on any atom is 0.343 e. The third-order valence-corrected chi connectivity index (χ3v) is 5.48. The topological polar surface area (TPSA) is 114 Å². The Kier molecular flexibility index (Phi) is 8.96. The highest BCUT2D eigenvalue weighted by atomic mass is 16.5. The van der Waals surface area contributed by atoms with E-state index in [1.165, 1.54) is 24.3 Å². The van der Waals surface area contributed by atoms with Crippen LogP contribution in [-0.4, -0.2) is 23.7 Å². The second-order valence-electron chi connectivity index (χ2n) is 8.36. The van der Waals surface area contributed by atoms with E-state index in [4.69, 9.17) is 4.74 Å². The zero-order chi connectivity index (χ0) is 27.5. The number of amides is 3. The SMILES string of the molecule is O=C(/C=C/c1ccccc1OC(=O)c1ccccc1)NNC(=O)c1ccc(NC(=O)Cc2ccccc2)cc1. The molecule has 0 saturated carbocycles. The summed E-state index contributed by atoms with van der Waals surface area (Å²) in [5.41, 5.74) is 7.29. The van der Waals surface area contributed by atoms with Gasteiger partial charge in [-0.15, -0.1) is 0 Å². The minimum Gasteiger partial charge on any atom is -0.422 e. The Balaban J connectivity index is 1.27. The van der Waals surface area contributed by atoms with Crippen molar-refractivity contribution in [3.05, 3.63) is 138 Å². The molecule has 4 rings (SSSR count). The molecule has 0 aromatic heterocycles. The molecule has 0 aliphatic rings. The summed E-state index contributed by atoms with van der Waals surface area (Å²) in [5, 5.41) is 2.78. The first-order chi connectivity index (χ1) is 19.0. The van der Waals surface area contributed by atoms with Crippen molar-refractivity contribution in [2.24, 2.45) is 0 Å². The molecule has 0 atom stereocenters. The maximum absolute atomic E-state index is 12.4. The summed E-state index contributed by atoms with van der Waals surface area (Å²) in [6.07, 6.45) is 2.92. The molecule has 0 heterocycles. The van der Waals surface area contributed by atoms with Crippen LogP contribution in [0.15, 0.2) is 115 Å². The molecular weight excluding hydrogens is 494 g/mol. The molecule has 4 aromatic carbocycles. The first-order valence-corrected chi connectivity index (χ1v) is 12.1. The third-order valence-electron chi connectivity index (χ3n) is 5.48. The Hall–Kier alpha value is -5.50. The van der Waals surface area contributed by atoms with Crippen LogP contribution in [0, 0.1) is 0 Å². The van der Waals surface area contributed by atoms with Gasteiger partial charge >= 0.3 is 5.97 Å². The number of esters is 1. The Morgan fingerprint density at radius 1 is 0.667 bits per heavy atom. The maximum atomic E-state index is 12.4. The van der Waals surface area contributed by atoms with Gasteiger partial charge in [0.1, 0.15) is 5.75 Å². The van der Waals surface area contributed by atoms with Crippen molar-refractivity contribution in [2.45, 2.75) is 6.42 Å². The van der Waals surface area contributed by atoms with Gasteiger partial charge in [0, 0.05) is 22.9 Å². The van der Waals surface area contributed by atoms with Gasteiger partial charge in [0.2, 0.25) is 5.91 Å². The summed E-state index contributed by atoms with van der Waals surface area (Å²) in [6, 6.07) is 31.0. The molecule has 0 unspecified atom stereocenters. The Morgan fingerprint density at radius 3 is 2.03 bits per heavy atom.